The Morgan fingerprint density at radius 2 is 2.08 bits per heavy atom. The van der Waals surface area contributed by atoms with Crippen LogP contribution in [0.3, 0.4) is 0 Å². The Balaban J connectivity index is 2.51. The van der Waals surface area contributed by atoms with Gasteiger partial charge in [0.1, 0.15) is 6.10 Å². The Labute approximate surface area is 78.2 Å². The van der Waals surface area contributed by atoms with Crippen molar-refractivity contribution in [2.24, 2.45) is 0 Å². The Hall–Kier alpha value is -0.860. The van der Waals surface area contributed by atoms with E-state index in [2.05, 4.69) is 6.07 Å². The van der Waals surface area contributed by atoms with Crippen LogP contribution in [0.2, 0.25) is 0 Å². The molecule has 0 fully saturated rings. The van der Waals surface area contributed by atoms with Crippen LogP contribution in [0.4, 0.5) is 0 Å². The fourth-order valence-electron chi connectivity index (χ4n) is 1.94. The molecule has 0 spiro atoms. The number of ether oxygens (including phenoxy) is 1. The molecule has 1 atom stereocenters. The van der Waals surface area contributed by atoms with Gasteiger partial charge in [0.05, 0.1) is 12.2 Å². The van der Waals surface area contributed by atoms with E-state index in [1.165, 1.54) is 5.56 Å². The van der Waals surface area contributed by atoms with Crippen molar-refractivity contribution < 1.29 is 9.84 Å². The van der Waals surface area contributed by atoms with Crippen LogP contribution in [0.1, 0.15) is 31.1 Å². The first kappa shape index (κ1) is 8.73. The summed E-state index contributed by atoms with van der Waals surface area (Å²) in [5, 5.41) is 9.12. The highest BCUT2D eigenvalue weighted by Crippen LogP contribution is 2.42. The monoisotopic (exact) mass is 178 g/mol. The minimum atomic E-state index is -0.260. The zero-order valence-electron chi connectivity index (χ0n) is 7.95. The number of benzene rings is 1. The minimum absolute atomic E-state index is 0.0560. The Bertz CT molecular complexity index is 318. The maximum atomic E-state index is 9.12. The van der Waals surface area contributed by atoms with Crippen LogP contribution in [0, 0.1) is 0 Å². The van der Waals surface area contributed by atoms with E-state index in [4.69, 9.17) is 9.84 Å². The van der Waals surface area contributed by atoms with Crippen LogP contribution in [0.25, 0.3) is 0 Å². The van der Waals surface area contributed by atoms with Crippen LogP contribution < -0.4 is 0 Å². The molecule has 70 valence electrons. The molecule has 0 aromatic heterocycles. The van der Waals surface area contributed by atoms with Crippen LogP contribution in [0.5, 0.6) is 0 Å². The summed E-state index contributed by atoms with van der Waals surface area (Å²) >= 11 is 0. The standard InChI is InChI=1S/C11H14O2/c1-11(2)9-6-4-3-5-8(9)10(7-12)13-11/h3-6,10,12H,7H2,1-2H3. The molecule has 1 N–H and O–H groups in total. The lowest BCUT2D eigenvalue weighted by Crippen LogP contribution is -2.16. The third-order valence-corrected chi connectivity index (χ3v) is 2.56. The molecular formula is C11H14O2. The molecular weight excluding hydrogens is 164 g/mol. The fraction of sp³-hybridized carbons (Fsp3) is 0.455. The molecule has 0 saturated heterocycles. The van der Waals surface area contributed by atoms with Gasteiger partial charge < -0.3 is 9.84 Å². The van der Waals surface area contributed by atoms with Crippen LogP contribution in [0.15, 0.2) is 24.3 Å². The van der Waals surface area contributed by atoms with Crippen molar-refractivity contribution >= 4 is 0 Å². The number of hydrogen-bond donors (Lipinski definition) is 1. The second-order valence-electron chi connectivity index (χ2n) is 3.89. The largest absolute Gasteiger partial charge is 0.393 e. The van der Waals surface area contributed by atoms with Gasteiger partial charge in [-0.05, 0) is 25.0 Å². The van der Waals surface area contributed by atoms with Crippen molar-refractivity contribution in [1.29, 1.82) is 0 Å². The van der Waals surface area contributed by atoms with Crippen molar-refractivity contribution in [1.82, 2.24) is 0 Å². The molecule has 1 aliphatic heterocycles. The molecule has 1 heterocycles. The minimum Gasteiger partial charge on any atom is -0.393 e. The summed E-state index contributed by atoms with van der Waals surface area (Å²) in [5.74, 6) is 0. The normalized spacial score (nSPS) is 24.4. The summed E-state index contributed by atoms with van der Waals surface area (Å²) in [5.41, 5.74) is 2.05. The van der Waals surface area contributed by atoms with Gasteiger partial charge >= 0.3 is 0 Å². The van der Waals surface area contributed by atoms with Gasteiger partial charge in [0.25, 0.3) is 0 Å². The molecule has 2 heteroatoms. The molecule has 2 rings (SSSR count). The zero-order chi connectivity index (χ0) is 9.47. The maximum Gasteiger partial charge on any atom is 0.107 e. The lowest BCUT2D eigenvalue weighted by atomic mass is 9.95. The van der Waals surface area contributed by atoms with Gasteiger partial charge in [0, 0.05) is 0 Å². The van der Waals surface area contributed by atoms with E-state index in [-0.39, 0.29) is 18.3 Å². The second-order valence-corrected chi connectivity index (χ2v) is 3.89. The van der Waals surface area contributed by atoms with E-state index in [1.54, 1.807) is 0 Å². The SMILES string of the molecule is CC1(C)OC(CO)c2ccccc21. The maximum absolute atomic E-state index is 9.12. The molecule has 0 aliphatic carbocycles. The summed E-state index contributed by atoms with van der Waals surface area (Å²) < 4.78 is 5.72. The first-order valence-electron chi connectivity index (χ1n) is 4.53. The Morgan fingerprint density at radius 3 is 2.77 bits per heavy atom. The van der Waals surface area contributed by atoms with Gasteiger partial charge in [-0.15, -0.1) is 0 Å². The number of hydrogen-bond acceptors (Lipinski definition) is 2. The molecule has 1 aliphatic rings. The highest BCUT2D eigenvalue weighted by Gasteiger charge is 2.36. The number of rotatable bonds is 1. The lowest BCUT2D eigenvalue weighted by molar-refractivity contribution is -0.0721. The van der Waals surface area contributed by atoms with Gasteiger partial charge in [-0.2, -0.15) is 0 Å². The molecule has 0 radical (unpaired) electrons. The van der Waals surface area contributed by atoms with E-state index < -0.39 is 0 Å². The van der Waals surface area contributed by atoms with Gasteiger partial charge in [0.15, 0.2) is 0 Å². The lowest BCUT2D eigenvalue weighted by Gasteiger charge is -2.19. The van der Waals surface area contributed by atoms with E-state index in [0.717, 1.165) is 5.56 Å². The van der Waals surface area contributed by atoms with Gasteiger partial charge in [-0.25, -0.2) is 0 Å². The molecule has 0 amide bonds. The van der Waals surface area contributed by atoms with E-state index >= 15 is 0 Å². The van der Waals surface area contributed by atoms with Crippen LogP contribution >= 0.6 is 0 Å². The summed E-state index contributed by atoms with van der Waals surface area (Å²) in [6, 6.07) is 8.06. The zero-order valence-corrected chi connectivity index (χ0v) is 7.95. The molecule has 1 aromatic rings. The van der Waals surface area contributed by atoms with Crippen molar-refractivity contribution in [2.75, 3.05) is 6.61 Å². The quantitative estimate of drug-likeness (QED) is 0.712. The second kappa shape index (κ2) is 2.82. The molecule has 2 nitrogen and oxygen atoms in total. The topological polar surface area (TPSA) is 29.5 Å². The molecule has 13 heavy (non-hydrogen) atoms. The predicted molar refractivity (Wildman–Crippen MR) is 50.4 cm³/mol. The van der Waals surface area contributed by atoms with E-state index in [9.17, 15) is 0 Å². The van der Waals surface area contributed by atoms with Crippen LogP contribution in [-0.2, 0) is 10.3 Å². The van der Waals surface area contributed by atoms with Crippen molar-refractivity contribution in [3.63, 3.8) is 0 Å². The third-order valence-electron chi connectivity index (χ3n) is 2.56. The van der Waals surface area contributed by atoms with Crippen molar-refractivity contribution in [3.05, 3.63) is 35.4 Å². The summed E-state index contributed by atoms with van der Waals surface area (Å²) in [6.07, 6.45) is -0.147. The number of aliphatic hydroxyl groups excluding tert-OH is 1. The molecule has 1 unspecified atom stereocenters. The van der Waals surface area contributed by atoms with Crippen molar-refractivity contribution in [2.45, 2.75) is 25.6 Å². The predicted octanol–water partition coefficient (Wildman–Crippen LogP) is 1.99. The molecule has 0 saturated carbocycles. The van der Waals surface area contributed by atoms with E-state index in [0.29, 0.717) is 0 Å². The van der Waals surface area contributed by atoms with E-state index in [1.807, 2.05) is 32.0 Å². The average Bonchev–Trinajstić information content (AvgIpc) is 2.39. The summed E-state index contributed by atoms with van der Waals surface area (Å²) in [7, 11) is 0. The highest BCUT2D eigenvalue weighted by molar-refractivity contribution is 5.37. The first-order chi connectivity index (χ1) is 6.15. The third kappa shape index (κ3) is 1.26. The highest BCUT2D eigenvalue weighted by atomic mass is 16.5. The average molecular weight is 178 g/mol. The molecule has 0 bridgehead atoms. The van der Waals surface area contributed by atoms with Crippen molar-refractivity contribution in [3.8, 4) is 0 Å². The molecule has 1 aromatic carbocycles. The Kier molecular flexibility index (Phi) is 1.90. The smallest absolute Gasteiger partial charge is 0.107 e. The number of aliphatic hydroxyl groups is 1. The summed E-state index contributed by atoms with van der Waals surface area (Å²) in [6.45, 7) is 4.11. The first-order valence-corrected chi connectivity index (χ1v) is 4.53. The number of fused-ring (bicyclic) bond motifs is 1. The fourth-order valence-corrected chi connectivity index (χ4v) is 1.94. The Morgan fingerprint density at radius 1 is 1.38 bits per heavy atom. The van der Waals surface area contributed by atoms with Gasteiger partial charge in [0.2, 0.25) is 0 Å². The van der Waals surface area contributed by atoms with Gasteiger partial charge in [-0.1, -0.05) is 24.3 Å². The summed E-state index contributed by atoms with van der Waals surface area (Å²) in [4.78, 5) is 0. The van der Waals surface area contributed by atoms with Crippen LogP contribution in [-0.4, -0.2) is 11.7 Å². The van der Waals surface area contributed by atoms with Gasteiger partial charge in [-0.3, -0.25) is 0 Å².